The van der Waals surface area contributed by atoms with E-state index in [1.165, 1.54) is 12.1 Å². The van der Waals surface area contributed by atoms with Crippen LogP contribution in [0.3, 0.4) is 0 Å². The number of hydrogen-bond acceptors (Lipinski definition) is 4. The lowest BCUT2D eigenvalue weighted by atomic mass is 9.94. The van der Waals surface area contributed by atoms with Crippen molar-refractivity contribution in [2.75, 3.05) is 39.3 Å². The van der Waals surface area contributed by atoms with E-state index in [0.29, 0.717) is 44.3 Å². The maximum Gasteiger partial charge on any atom is 0.416 e. The second-order valence-corrected chi connectivity index (χ2v) is 9.54. The van der Waals surface area contributed by atoms with E-state index in [2.05, 4.69) is 16.3 Å². The number of alkyl halides is 3. The molecule has 0 radical (unpaired) electrons. The molecule has 2 aliphatic heterocycles. The van der Waals surface area contributed by atoms with Gasteiger partial charge in [0.05, 0.1) is 17.3 Å². The van der Waals surface area contributed by atoms with E-state index < -0.39 is 11.7 Å². The van der Waals surface area contributed by atoms with Crippen LogP contribution in [0.25, 0.3) is 10.9 Å². The Morgan fingerprint density at radius 3 is 2.40 bits per heavy atom. The summed E-state index contributed by atoms with van der Waals surface area (Å²) in [6, 6.07) is 9.41. The number of rotatable bonds is 4. The highest BCUT2D eigenvalue weighted by Gasteiger charge is 2.30. The topological polar surface area (TPSA) is 53.4 Å². The minimum Gasteiger partial charge on any atom is -0.338 e. The van der Waals surface area contributed by atoms with Crippen LogP contribution in [-0.4, -0.2) is 64.5 Å². The molecule has 0 bridgehead atoms. The van der Waals surface area contributed by atoms with Crippen molar-refractivity contribution in [2.24, 2.45) is 7.05 Å². The van der Waals surface area contributed by atoms with Gasteiger partial charge in [0, 0.05) is 56.8 Å². The van der Waals surface area contributed by atoms with E-state index in [9.17, 15) is 18.0 Å². The van der Waals surface area contributed by atoms with Gasteiger partial charge in [-0.3, -0.25) is 14.7 Å². The Hall–Kier alpha value is -2.91. The number of carbonyl (C=O) groups excluding carboxylic acids is 1. The van der Waals surface area contributed by atoms with E-state index in [-0.39, 0.29) is 5.91 Å². The summed E-state index contributed by atoms with van der Waals surface area (Å²) >= 11 is 0. The summed E-state index contributed by atoms with van der Waals surface area (Å²) in [6.07, 6.45) is -0.287. The zero-order valence-corrected chi connectivity index (χ0v) is 19.8. The zero-order valence-electron chi connectivity index (χ0n) is 19.8. The average molecular weight is 486 g/mol. The van der Waals surface area contributed by atoms with Crippen molar-refractivity contribution in [3.63, 3.8) is 0 Å². The quantitative estimate of drug-likeness (QED) is 0.607. The van der Waals surface area contributed by atoms with Gasteiger partial charge in [0.25, 0.3) is 5.91 Å². The summed E-state index contributed by atoms with van der Waals surface area (Å²) in [5.41, 5.74) is 2.90. The maximum absolute atomic E-state index is 13.3. The van der Waals surface area contributed by atoms with Gasteiger partial charge in [0.1, 0.15) is 5.69 Å². The minimum absolute atomic E-state index is 0.00120. The van der Waals surface area contributed by atoms with Crippen LogP contribution < -0.4 is 5.32 Å². The SMILES string of the molecule is Cn1c(C(=O)N2CCN(Cc3ccc(C(F)(F)F)cc3)CC2)cc2cc(C3CCNCC3)ncc21. The number of hydrogen-bond donors (Lipinski definition) is 1. The maximum atomic E-state index is 13.3. The van der Waals surface area contributed by atoms with Gasteiger partial charge in [-0.25, -0.2) is 0 Å². The molecule has 9 heteroatoms. The fraction of sp³-hybridized carbons (Fsp3) is 0.462. The number of amides is 1. The number of piperidine rings is 1. The molecule has 5 rings (SSSR count). The third kappa shape index (κ3) is 5.06. The molecule has 2 fully saturated rings. The fourth-order valence-corrected chi connectivity index (χ4v) is 5.13. The van der Waals surface area contributed by atoms with Crippen molar-refractivity contribution in [3.05, 3.63) is 65.1 Å². The monoisotopic (exact) mass is 485 g/mol. The van der Waals surface area contributed by atoms with Crippen LogP contribution >= 0.6 is 0 Å². The van der Waals surface area contributed by atoms with Crippen molar-refractivity contribution in [3.8, 4) is 0 Å². The number of nitrogens with zero attached hydrogens (tertiary/aromatic N) is 4. The highest BCUT2D eigenvalue weighted by atomic mass is 19.4. The van der Waals surface area contributed by atoms with Crippen molar-refractivity contribution < 1.29 is 18.0 Å². The van der Waals surface area contributed by atoms with Crippen LogP contribution in [0, 0.1) is 0 Å². The number of pyridine rings is 1. The van der Waals surface area contributed by atoms with Crippen LogP contribution in [0.5, 0.6) is 0 Å². The molecule has 2 saturated heterocycles. The fourth-order valence-electron chi connectivity index (χ4n) is 5.13. The van der Waals surface area contributed by atoms with E-state index in [4.69, 9.17) is 4.98 Å². The molecule has 0 atom stereocenters. The Kier molecular flexibility index (Phi) is 6.55. The van der Waals surface area contributed by atoms with Gasteiger partial charge in [0.15, 0.2) is 0 Å². The molecule has 4 heterocycles. The van der Waals surface area contributed by atoms with Crippen LogP contribution in [-0.2, 0) is 19.8 Å². The normalized spacial score (nSPS) is 18.3. The second-order valence-electron chi connectivity index (χ2n) is 9.54. The van der Waals surface area contributed by atoms with E-state index >= 15 is 0 Å². The largest absolute Gasteiger partial charge is 0.416 e. The summed E-state index contributed by atoms with van der Waals surface area (Å²) in [5, 5.41) is 4.43. The molecule has 0 spiro atoms. The molecule has 2 aliphatic rings. The molecule has 1 aromatic carbocycles. The Bertz CT molecular complexity index is 1190. The Morgan fingerprint density at radius 2 is 1.74 bits per heavy atom. The predicted octanol–water partition coefficient (Wildman–Crippen LogP) is 4.02. The minimum atomic E-state index is -4.32. The summed E-state index contributed by atoms with van der Waals surface area (Å²) < 4.78 is 40.3. The number of fused-ring (bicyclic) bond motifs is 1. The van der Waals surface area contributed by atoms with Crippen molar-refractivity contribution in [2.45, 2.75) is 31.5 Å². The van der Waals surface area contributed by atoms with Gasteiger partial charge in [-0.15, -0.1) is 0 Å². The third-order valence-electron chi connectivity index (χ3n) is 7.27. The number of aryl methyl sites for hydroxylation is 1. The Balaban J connectivity index is 1.22. The van der Waals surface area contributed by atoms with Crippen LogP contribution in [0.1, 0.15) is 46.1 Å². The predicted molar refractivity (Wildman–Crippen MR) is 128 cm³/mol. The van der Waals surface area contributed by atoms with Gasteiger partial charge in [-0.1, -0.05) is 12.1 Å². The first-order chi connectivity index (χ1) is 16.8. The number of halogens is 3. The van der Waals surface area contributed by atoms with Gasteiger partial charge in [-0.05, 0) is 55.8 Å². The smallest absolute Gasteiger partial charge is 0.338 e. The summed E-state index contributed by atoms with van der Waals surface area (Å²) in [6.45, 7) is 5.11. The van der Waals surface area contributed by atoms with Gasteiger partial charge in [-0.2, -0.15) is 13.2 Å². The third-order valence-corrected chi connectivity index (χ3v) is 7.27. The molecule has 35 heavy (non-hydrogen) atoms. The zero-order chi connectivity index (χ0) is 24.6. The number of benzene rings is 1. The first kappa shape index (κ1) is 23.8. The standard InChI is InChI=1S/C26H30F3N5O/c1-32-23(15-20-14-22(31-16-24(20)32)19-6-8-30-9-7-19)25(35)34-12-10-33(11-13-34)17-18-2-4-21(5-3-18)26(27,28)29/h2-5,14-16,19,30H,6-13,17H2,1H3. The molecule has 0 saturated carbocycles. The van der Waals surface area contributed by atoms with Crippen LogP contribution in [0.2, 0.25) is 0 Å². The lowest BCUT2D eigenvalue weighted by Gasteiger charge is -2.34. The lowest BCUT2D eigenvalue weighted by molar-refractivity contribution is -0.137. The van der Waals surface area contributed by atoms with Crippen molar-refractivity contribution in [1.82, 2.24) is 24.7 Å². The molecule has 3 aromatic rings. The Morgan fingerprint density at radius 1 is 1.06 bits per heavy atom. The first-order valence-electron chi connectivity index (χ1n) is 12.1. The van der Waals surface area contributed by atoms with Crippen LogP contribution in [0.15, 0.2) is 42.6 Å². The highest BCUT2D eigenvalue weighted by molar-refractivity contribution is 5.98. The molecule has 1 amide bonds. The average Bonchev–Trinajstić information content (AvgIpc) is 3.20. The lowest BCUT2D eigenvalue weighted by Crippen LogP contribution is -2.48. The van der Waals surface area contributed by atoms with E-state index in [1.54, 1.807) is 0 Å². The second kappa shape index (κ2) is 9.62. The molecule has 6 nitrogen and oxygen atoms in total. The number of aromatic nitrogens is 2. The van der Waals surface area contributed by atoms with Gasteiger partial charge < -0.3 is 14.8 Å². The number of piperazine rings is 1. The molecule has 0 aliphatic carbocycles. The van der Waals surface area contributed by atoms with Gasteiger partial charge in [0.2, 0.25) is 0 Å². The number of nitrogens with one attached hydrogen (secondary N) is 1. The molecule has 2 aromatic heterocycles. The highest BCUT2D eigenvalue weighted by Crippen LogP contribution is 2.30. The van der Waals surface area contributed by atoms with Gasteiger partial charge >= 0.3 is 6.18 Å². The first-order valence-corrected chi connectivity index (χ1v) is 12.1. The summed E-state index contributed by atoms with van der Waals surface area (Å²) in [7, 11) is 1.91. The molecular weight excluding hydrogens is 455 g/mol. The van der Waals surface area contributed by atoms with E-state index in [0.717, 1.165) is 60.2 Å². The molecule has 186 valence electrons. The van der Waals surface area contributed by atoms with Crippen LogP contribution in [0.4, 0.5) is 13.2 Å². The van der Waals surface area contributed by atoms with E-state index in [1.807, 2.05) is 28.8 Å². The van der Waals surface area contributed by atoms with Crippen molar-refractivity contribution >= 4 is 16.8 Å². The summed E-state index contributed by atoms with van der Waals surface area (Å²) in [5.74, 6) is 0.457. The molecule has 0 unspecified atom stereocenters. The molecular formula is C26H30F3N5O. The summed E-state index contributed by atoms with van der Waals surface area (Å²) in [4.78, 5) is 22.1. The van der Waals surface area contributed by atoms with Crippen molar-refractivity contribution in [1.29, 1.82) is 0 Å². The Labute approximate surface area is 202 Å². The molecule has 1 N–H and O–H groups in total. The number of carbonyl (C=O) groups is 1.